The van der Waals surface area contributed by atoms with Crippen molar-refractivity contribution in [3.8, 4) is 0 Å². The molecule has 0 heterocycles. The Morgan fingerprint density at radius 2 is 1.28 bits per heavy atom. The van der Waals surface area contributed by atoms with Crippen LogP contribution in [0.1, 0.15) is 20.8 Å². The highest BCUT2D eigenvalue weighted by Crippen LogP contribution is 2.00. The maximum atomic E-state index is 11.2. The molecule has 3 unspecified atom stereocenters. The van der Waals surface area contributed by atoms with Gasteiger partial charge in [-0.2, -0.15) is 0 Å². The fraction of sp³-hybridized carbons (Fsp3) is 0.647. The van der Waals surface area contributed by atoms with Gasteiger partial charge in [0, 0.05) is 11.1 Å². The molecule has 3 atom stereocenters. The fourth-order valence-electron chi connectivity index (χ4n) is 1.38. The van der Waals surface area contributed by atoms with Crippen molar-refractivity contribution in [2.24, 2.45) is 0 Å². The Morgan fingerprint density at radius 1 is 0.840 bits per heavy atom. The summed E-state index contributed by atoms with van der Waals surface area (Å²) in [6, 6.07) is 0. The molecule has 8 heteroatoms. The SMILES string of the molecule is C=C(C)C(=O)OCC(O)COCC(C)OCC(O)COC(=O)C(=C)C. The Kier molecular flexibility index (Phi) is 11.7. The standard InChI is InChI=1S/C17H28O8/c1-11(2)16(20)24-9-14(18)7-22-6-13(5)23-8-15(19)10-25-17(21)12(3)4/h13-15,18-19H,1,3,6-10H2,2,4-5H3. The number of hydrogen-bond acceptors (Lipinski definition) is 8. The van der Waals surface area contributed by atoms with Crippen LogP contribution < -0.4 is 0 Å². The highest BCUT2D eigenvalue weighted by molar-refractivity contribution is 5.87. The Morgan fingerprint density at radius 3 is 1.72 bits per heavy atom. The average Bonchev–Trinajstić information content (AvgIpc) is 2.55. The van der Waals surface area contributed by atoms with E-state index in [0.717, 1.165) is 0 Å². The van der Waals surface area contributed by atoms with Crippen molar-refractivity contribution in [2.75, 3.05) is 33.0 Å². The van der Waals surface area contributed by atoms with E-state index in [-0.39, 0.29) is 50.3 Å². The molecule has 0 saturated carbocycles. The zero-order valence-electron chi connectivity index (χ0n) is 15.0. The number of hydrogen-bond donors (Lipinski definition) is 2. The van der Waals surface area contributed by atoms with Crippen LogP contribution in [0.15, 0.2) is 24.3 Å². The quantitative estimate of drug-likeness (QED) is 0.358. The van der Waals surface area contributed by atoms with Crippen LogP contribution in [-0.2, 0) is 28.5 Å². The highest BCUT2D eigenvalue weighted by Gasteiger charge is 2.13. The molecule has 144 valence electrons. The molecule has 8 nitrogen and oxygen atoms in total. The largest absolute Gasteiger partial charge is 0.460 e. The van der Waals surface area contributed by atoms with Crippen molar-refractivity contribution >= 4 is 11.9 Å². The van der Waals surface area contributed by atoms with E-state index < -0.39 is 24.1 Å². The molecule has 0 aromatic heterocycles. The van der Waals surface area contributed by atoms with Crippen molar-refractivity contribution in [3.05, 3.63) is 24.3 Å². The van der Waals surface area contributed by atoms with Crippen LogP contribution in [0, 0.1) is 0 Å². The molecule has 0 aliphatic rings. The summed E-state index contributed by atoms with van der Waals surface area (Å²) in [6.45, 7) is 11.3. The van der Waals surface area contributed by atoms with Gasteiger partial charge in [-0.25, -0.2) is 9.59 Å². The van der Waals surface area contributed by atoms with E-state index in [2.05, 4.69) is 13.2 Å². The first kappa shape index (κ1) is 23.3. The molecule has 0 fully saturated rings. The van der Waals surface area contributed by atoms with E-state index >= 15 is 0 Å². The summed E-state index contributed by atoms with van der Waals surface area (Å²) in [5, 5.41) is 19.3. The van der Waals surface area contributed by atoms with Crippen LogP contribution in [0.25, 0.3) is 0 Å². The van der Waals surface area contributed by atoms with Gasteiger partial charge in [0.2, 0.25) is 0 Å². The van der Waals surface area contributed by atoms with Gasteiger partial charge in [-0.05, 0) is 20.8 Å². The summed E-state index contributed by atoms with van der Waals surface area (Å²) in [5.41, 5.74) is 0.505. The minimum Gasteiger partial charge on any atom is -0.460 e. The van der Waals surface area contributed by atoms with Gasteiger partial charge >= 0.3 is 11.9 Å². The van der Waals surface area contributed by atoms with Crippen molar-refractivity contribution < 1.29 is 38.7 Å². The third kappa shape index (κ3) is 12.3. The minimum atomic E-state index is -0.960. The monoisotopic (exact) mass is 360 g/mol. The molecular formula is C17H28O8. The number of ether oxygens (including phenoxy) is 4. The molecule has 2 N–H and O–H groups in total. The number of rotatable bonds is 13. The van der Waals surface area contributed by atoms with Crippen LogP contribution >= 0.6 is 0 Å². The molecule has 0 aliphatic carbocycles. The second-order valence-corrected chi connectivity index (χ2v) is 5.75. The fourth-order valence-corrected chi connectivity index (χ4v) is 1.38. The van der Waals surface area contributed by atoms with Crippen molar-refractivity contribution in [1.29, 1.82) is 0 Å². The molecule has 0 rings (SSSR count). The van der Waals surface area contributed by atoms with Gasteiger partial charge in [-0.1, -0.05) is 13.2 Å². The summed E-state index contributed by atoms with van der Waals surface area (Å²) in [4.78, 5) is 22.3. The second-order valence-electron chi connectivity index (χ2n) is 5.75. The maximum Gasteiger partial charge on any atom is 0.333 e. The highest BCUT2D eigenvalue weighted by atomic mass is 16.6. The van der Waals surface area contributed by atoms with Crippen LogP contribution in [0.5, 0.6) is 0 Å². The lowest BCUT2D eigenvalue weighted by molar-refractivity contribution is -0.145. The first-order valence-corrected chi connectivity index (χ1v) is 7.84. The number of aliphatic hydroxyl groups is 2. The first-order valence-electron chi connectivity index (χ1n) is 7.84. The number of carbonyl (C=O) groups is 2. The lowest BCUT2D eigenvalue weighted by atomic mass is 10.3. The summed E-state index contributed by atoms with van der Waals surface area (Å²) in [6.07, 6.45) is -2.27. The first-order chi connectivity index (χ1) is 11.6. The maximum absolute atomic E-state index is 11.2. The van der Waals surface area contributed by atoms with E-state index in [9.17, 15) is 19.8 Å². The number of carbonyl (C=O) groups excluding carboxylic acids is 2. The molecule has 25 heavy (non-hydrogen) atoms. The van der Waals surface area contributed by atoms with Gasteiger partial charge in [0.1, 0.15) is 25.4 Å². The summed E-state index contributed by atoms with van der Waals surface area (Å²) in [7, 11) is 0. The van der Waals surface area contributed by atoms with Gasteiger partial charge in [0.15, 0.2) is 0 Å². The predicted molar refractivity (Wildman–Crippen MR) is 89.8 cm³/mol. The molecule has 0 radical (unpaired) electrons. The van der Waals surface area contributed by atoms with Gasteiger partial charge in [0.25, 0.3) is 0 Å². The van der Waals surface area contributed by atoms with E-state index in [0.29, 0.717) is 0 Å². The molecule has 0 aromatic carbocycles. The van der Waals surface area contributed by atoms with E-state index in [1.54, 1.807) is 6.92 Å². The minimum absolute atomic E-state index is 0.0318. The number of aliphatic hydroxyl groups excluding tert-OH is 2. The zero-order chi connectivity index (χ0) is 19.4. The van der Waals surface area contributed by atoms with Crippen molar-refractivity contribution in [3.63, 3.8) is 0 Å². The van der Waals surface area contributed by atoms with E-state index in [1.807, 2.05) is 0 Å². The molecular weight excluding hydrogens is 332 g/mol. The van der Waals surface area contributed by atoms with Crippen LogP contribution in [0.3, 0.4) is 0 Å². The van der Waals surface area contributed by atoms with Gasteiger partial charge in [-0.15, -0.1) is 0 Å². The topological polar surface area (TPSA) is 112 Å². The Balaban J connectivity index is 3.77. The molecule has 0 spiro atoms. The van der Waals surface area contributed by atoms with Crippen molar-refractivity contribution in [1.82, 2.24) is 0 Å². The molecule has 0 aliphatic heterocycles. The zero-order valence-corrected chi connectivity index (χ0v) is 15.0. The van der Waals surface area contributed by atoms with E-state index in [4.69, 9.17) is 18.9 Å². The second kappa shape index (κ2) is 12.6. The van der Waals surface area contributed by atoms with Crippen LogP contribution in [0.2, 0.25) is 0 Å². The van der Waals surface area contributed by atoms with Crippen molar-refractivity contribution in [2.45, 2.75) is 39.1 Å². The molecule has 0 bridgehead atoms. The summed E-state index contributed by atoms with van der Waals surface area (Å²) < 4.78 is 20.2. The summed E-state index contributed by atoms with van der Waals surface area (Å²) >= 11 is 0. The van der Waals surface area contributed by atoms with Crippen LogP contribution in [0.4, 0.5) is 0 Å². The average molecular weight is 360 g/mol. The Hall–Kier alpha value is -1.74. The van der Waals surface area contributed by atoms with Gasteiger partial charge < -0.3 is 29.2 Å². The number of esters is 2. The Labute approximate surface area is 148 Å². The van der Waals surface area contributed by atoms with Crippen LogP contribution in [-0.4, -0.2) is 73.5 Å². The smallest absolute Gasteiger partial charge is 0.333 e. The van der Waals surface area contributed by atoms with Gasteiger partial charge in [-0.3, -0.25) is 0 Å². The third-order valence-corrected chi connectivity index (χ3v) is 2.75. The predicted octanol–water partition coefficient (Wildman–Crippen LogP) is 0.368. The third-order valence-electron chi connectivity index (χ3n) is 2.75. The normalized spacial score (nSPS) is 14.3. The lowest BCUT2D eigenvalue weighted by Gasteiger charge is -2.18. The Bertz CT molecular complexity index is 460. The molecule has 0 aromatic rings. The molecule has 0 saturated heterocycles. The van der Waals surface area contributed by atoms with Gasteiger partial charge in [0.05, 0.1) is 25.9 Å². The molecule has 0 amide bonds. The lowest BCUT2D eigenvalue weighted by Crippen LogP contribution is -2.29. The summed E-state index contributed by atoms with van der Waals surface area (Å²) in [5.74, 6) is -1.14. The van der Waals surface area contributed by atoms with E-state index in [1.165, 1.54) is 13.8 Å².